The first-order valence-electron chi connectivity index (χ1n) is 9.09. The van der Waals surface area contributed by atoms with Crippen LogP contribution in [0.1, 0.15) is 15.9 Å². The zero-order valence-corrected chi connectivity index (χ0v) is 18.5. The second kappa shape index (κ2) is 9.61. The molecule has 0 unspecified atom stereocenters. The lowest BCUT2D eigenvalue weighted by atomic mass is 10.1. The summed E-state index contributed by atoms with van der Waals surface area (Å²) in [4.78, 5) is 22.6. The Labute approximate surface area is 189 Å². The van der Waals surface area contributed by atoms with E-state index < -0.39 is 0 Å². The molecule has 0 bridgehead atoms. The van der Waals surface area contributed by atoms with Crippen molar-refractivity contribution in [1.29, 1.82) is 0 Å². The number of carbonyl (C=O) groups excluding carboxylic acids is 1. The highest BCUT2D eigenvalue weighted by Gasteiger charge is 2.30. The fraction of sp³-hybridized carbons (Fsp3) is 0.0435. The molecule has 0 aliphatic heterocycles. The Morgan fingerprint density at radius 3 is 2.20 bits per heavy atom. The second-order valence-corrected chi connectivity index (χ2v) is 7.23. The number of aromatic nitrogens is 3. The van der Waals surface area contributed by atoms with E-state index >= 15 is 0 Å². The summed E-state index contributed by atoms with van der Waals surface area (Å²) < 4.78 is 2.18. The van der Waals surface area contributed by atoms with Crippen molar-refractivity contribution >= 4 is 27.7 Å². The minimum Gasteiger partial charge on any atom is -1.00 e. The lowest BCUT2D eigenvalue weighted by molar-refractivity contribution is -0.674. The van der Waals surface area contributed by atoms with Crippen LogP contribution in [-0.2, 0) is 0 Å². The van der Waals surface area contributed by atoms with Crippen molar-refractivity contribution in [2.24, 2.45) is 0 Å². The van der Waals surface area contributed by atoms with Gasteiger partial charge in [-0.05, 0) is 35.0 Å². The van der Waals surface area contributed by atoms with Gasteiger partial charge in [-0.15, -0.1) is 0 Å². The molecule has 0 spiro atoms. The number of rotatable bonds is 4. The predicted molar refractivity (Wildman–Crippen MR) is 115 cm³/mol. The van der Waals surface area contributed by atoms with Crippen LogP contribution in [-0.4, -0.2) is 15.9 Å². The number of aryl methyl sites for hydroxylation is 1. The van der Waals surface area contributed by atoms with Gasteiger partial charge in [-0.1, -0.05) is 63.8 Å². The first-order chi connectivity index (χ1) is 14.1. The number of hydrogen-bond donors (Lipinski definition) is 0. The lowest BCUT2D eigenvalue weighted by Crippen LogP contribution is -3.00. The molecule has 0 atom stereocenters. The highest BCUT2D eigenvalue weighted by Crippen LogP contribution is 2.26. The molecule has 150 valence electrons. The van der Waals surface area contributed by atoms with Gasteiger partial charge in [0.1, 0.15) is 0 Å². The van der Waals surface area contributed by atoms with E-state index in [0.717, 1.165) is 16.8 Å². The summed E-state index contributed by atoms with van der Waals surface area (Å²) in [5.74, 6) is 0.204. The molecule has 2 aromatic heterocycles. The van der Waals surface area contributed by atoms with E-state index in [9.17, 15) is 4.79 Å². The third-order valence-corrected chi connectivity index (χ3v) is 4.94. The molecular weight excluding hydrogens is 464 g/mol. The molecule has 0 aliphatic rings. The largest absolute Gasteiger partial charge is 1.00 e. The van der Waals surface area contributed by atoms with Gasteiger partial charge in [-0.25, -0.2) is 9.97 Å². The van der Waals surface area contributed by atoms with Crippen molar-refractivity contribution in [2.75, 3.05) is 5.01 Å². The third-order valence-electron chi connectivity index (χ3n) is 4.40. The molecule has 7 heteroatoms. The van der Waals surface area contributed by atoms with Gasteiger partial charge in [0, 0.05) is 23.3 Å². The fourth-order valence-electron chi connectivity index (χ4n) is 2.90. The maximum Gasteiger partial charge on any atom is 0.316 e. The van der Waals surface area contributed by atoms with Crippen LogP contribution in [0.25, 0.3) is 11.3 Å². The van der Waals surface area contributed by atoms with Gasteiger partial charge in [0.05, 0.1) is 11.9 Å². The van der Waals surface area contributed by atoms with Crippen molar-refractivity contribution in [3.05, 3.63) is 107 Å². The molecule has 4 rings (SSSR count). The molecule has 0 saturated heterocycles. The number of anilines is 1. The van der Waals surface area contributed by atoms with E-state index in [-0.39, 0.29) is 18.3 Å². The van der Waals surface area contributed by atoms with E-state index in [1.807, 2.05) is 79.7 Å². The number of halogens is 2. The number of nitrogens with zero attached hydrogens (tertiary/aromatic N) is 4. The Morgan fingerprint density at radius 1 is 0.933 bits per heavy atom. The summed E-state index contributed by atoms with van der Waals surface area (Å²) in [6.07, 6.45) is 5.27. The smallest absolute Gasteiger partial charge is 0.316 e. The Kier molecular flexibility index (Phi) is 6.92. The van der Waals surface area contributed by atoms with Crippen molar-refractivity contribution in [2.45, 2.75) is 6.92 Å². The Bertz CT molecular complexity index is 1140. The zero-order valence-electron chi connectivity index (χ0n) is 16.1. The van der Waals surface area contributed by atoms with Crippen LogP contribution >= 0.6 is 15.9 Å². The summed E-state index contributed by atoms with van der Waals surface area (Å²) in [6, 6.07) is 22.9. The van der Waals surface area contributed by atoms with Gasteiger partial charge < -0.3 is 12.4 Å². The Balaban J connectivity index is 0.00000256. The number of pyridine rings is 1. The minimum atomic E-state index is -0.205. The SMILES string of the molecule is Cc1ccc(C(=O)N(c2ncc(-c3ccccc3)nc2Br)[n+]2ccccc2)cc1.[Cl-]. The topological polar surface area (TPSA) is 50.0 Å². The maximum atomic E-state index is 13.4. The summed E-state index contributed by atoms with van der Waals surface area (Å²) in [6.45, 7) is 1.99. The van der Waals surface area contributed by atoms with Gasteiger partial charge in [-0.2, -0.15) is 0 Å². The number of carbonyl (C=O) groups is 1. The quantitative estimate of drug-likeness (QED) is 0.416. The molecule has 4 aromatic rings. The highest BCUT2D eigenvalue weighted by atomic mass is 79.9. The van der Waals surface area contributed by atoms with Gasteiger partial charge in [0.15, 0.2) is 4.60 Å². The summed E-state index contributed by atoms with van der Waals surface area (Å²) >= 11 is 3.51. The number of hydrogen-bond acceptors (Lipinski definition) is 3. The zero-order chi connectivity index (χ0) is 20.2. The van der Waals surface area contributed by atoms with E-state index in [1.165, 1.54) is 5.01 Å². The molecule has 2 aromatic carbocycles. The number of amides is 1. The standard InChI is InChI=1S/C23H18BrN4O.ClH/c1-17-10-12-19(13-11-17)23(29)28(27-14-6-3-7-15-27)22-21(24)26-20(16-25-22)18-8-4-2-5-9-18;/h2-16H,1H3;1H/q+1;/p-1. The van der Waals surface area contributed by atoms with Crippen LogP contribution in [0.2, 0.25) is 0 Å². The van der Waals surface area contributed by atoms with Gasteiger partial charge in [0.2, 0.25) is 18.2 Å². The molecule has 0 radical (unpaired) electrons. The molecule has 5 nitrogen and oxygen atoms in total. The monoisotopic (exact) mass is 480 g/mol. The molecule has 1 amide bonds. The molecule has 30 heavy (non-hydrogen) atoms. The first kappa shape index (κ1) is 21.6. The Morgan fingerprint density at radius 2 is 1.57 bits per heavy atom. The summed E-state index contributed by atoms with van der Waals surface area (Å²) in [5.41, 5.74) is 3.33. The van der Waals surface area contributed by atoms with Gasteiger partial charge >= 0.3 is 5.91 Å². The normalized spacial score (nSPS) is 10.2. The van der Waals surface area contributed by atoms with E-state index in [1.54, 1.807) is 23.3 Å². The summed E-state index contributed by atoms with van der Waals surface area (Å²) in [5, 5.41) is 1.50. The molecular formula is C23H18BrClN4O. The van der Waals surface area contributed by atoms with E-state index in [2.05, 4.69) is 25.9 Å². The van der Waals surface area contributed by atoms with Crippen molar-refractivity contribution in [1.82, 2.24) is 9.97 Å². The maximum absolute atomic E-state index is 13.4. The molecule has 0 saturated carbocycles. The first-order valence-corrected chi connectivity index (χ1v) is 9.88. The average molecular weight is 482 g/mol. The third kappa shape index (κ3) is 4.56. The number of benzene rings is 2. The second-order valence-electron chi connectivity index (χ2n) is 6.47. The lowest BCUT2D eigenvalue weighted by Gasteiger charge is -2.16. The molecule has 2 heterocycles. The highest BCUT2D eigenvalue weighted by molar-refractivity contribution is 9.10. The van der Waals surface area contributed by atoms with Crippen molar-refractivity contribution < 1.29 is 21.9 Å². The van der Waals surface area contributed by atoms with Crippen LogP contribution in [0.3, 0.4) is 0 Å². The molecule has 0 aliphatic carbocycles. The van der Waals surface area contributed by atoms with Gasteiger partial charge in [-0.3, -0.25) is 4.79 Å². The predicted octanol–water partition coefficient (Wildman–Crippen LogP) is 1.62. The van der Waals surface area contributed by atoms with Gasteiger partial charge in [0.25, 0.3) is 0 Å². The minimum absolute atomic E-state index is 0. The fourth-order valence-corrected chi connectivity index (χ4v) is 3.36. The van der Waals surface area contributed by atoms with Crippen LogP contribution in [0, 0.1) is 6.92 Å². The van der Waals surface area contributed by atoms with Crippen molar-refractivity contribution in [3.8, 4) is 11.3 Å². The van der Waals surface area contributed by atoms with Crippen LogP contribution < -0.4 is 22.1 Å². The van der Waals surface area contributed by atoms with E-state index in [0.29, 0.717) is 16.0 Å². The van der Waals surface area contributed by atoms with Crippen LogP contribution in [0.5, 0.6) is 0 Å². The van der Waals surface area contributed by atoms with E-state index in [4.69, 9.17) is 0 Å². The van der Waals surface area contributed by atoms with Crippen LogP contribution in [0.15, 0.2) is 96.0 Å². The molecule has 0 fully saturated rings. The summed E-state index contributed by atoms with van der Waals surface area (Å²) in [7, 11) is 0. The average Bonchev–Trinajstić information content (AvgIpc) is 2.77. The molecule has 0 N–H and O–H groups in total. The Hall–Kier alpha value is -3.09. The van der Waals surface area contributed by atoms with Crippen LogP contribution in [0.4, 0.5) is 5.82 Å². The van der Waals surface area contributed by atoms with Crippen molar-refractivity contribution in [3.63, 3.8) is 0 Å².